The van der Waals surface area contributed by atoms with Crippen LogP contribution in [0, 0.1) is 5.92 Å². The molecule has 0 aromatic rings. The van der Waals surface area contributed by atoms with E-state index in [1.165, 1.54) is 6.92 Å². The van der Waals surface area contributed by atoms with Gasteiger partial charge in [0.15, 0.2) is 0 Å². The van der Waals surface area contributed by atoms with Gasteiger partial charge in [-0.15, -0.1) is 0 Å². The molecular weight excluding hydrogens is 865 g/mol. The van der Waals surface area contributed by atoms with E-state index in [4.69, 9.17) is 56.8 Å². The van der Waals surface area contributed by atoms with Crippen molar-refractivity contribution in [1.82, 2.24) is 0 Å². The summed E-state index contributed by atoms with van der Waals surface area (Å²) in [5.41, 5.74) is -2.06. The van der Waals surface area contributed by atoms with Crippen LogP contribution in [0.4, 0.5) is 0 Å². The standard InChI is InChI=1S/C52H72O15/c1-26(25-53)15-30-18-42(56-29(4)54)52(9)43(57-30)20-35-36(64-52)19-34-31(58-35)11-10-13-48(5)44(61-34)24-51(8)41(65-48)22-40-49(6,67-51)14-12-32-46(63-40)27(2)16-33-38(59-32)23-50(7)39(60-33)21-37-47(66-50)28(3)17-45(55)62-37/h10-11,17,25,27,30-44,46-47H,1,12-16,18-24H2,2-9H3/b11-10-/t27-,30-,31-,32?,33+,34?,35+,36?,37+,38?,39-,40+,41-,42+,43-,44?,46?,47?,48+,49-,50+,51+,52+/m1/s1. The van der Waals surface area contributed by atoms with E-state index in [-0.39, 0.29) is 103 Å². The van der Waals surface area contributed by atoms with E-state index in [0.717, 1.165) is 31.1 Å². The molecule has 0 amide bonds. The first kappa shape index (κ1) is 46.8. The van der Waals surface area contributed by atoms with Crippen LogP contribution < -0.4 is 0 Å². The lowest BCUT2D eigenvalue weighted by atomic mass is 9.72. The van der Waals surface area contributed by atoms with Crippen molar-refractivity contribution in [2.45, 2.75) is 264 Å². The molecule has 370 valence electrons. The minimum Gasteiger partial charge on any atom is -0.459 e. The summed E-state index contributed by atoms with van der Waals surface area (Å²) >= 11 is 0. The first-order chi connectivity index (χ1) is 31.7. The molecule has 9 saturated heterocycles. The summed E-state index contributed by atoms with van der Waals surface area (Å²) in [5.74, 6) is -0.550. The van der Waals surface area contributed by atoms with Gasteiger partial charge in [-0.1, -0.05) is 25.7 Å². The monoisotopic (exact) mass is 936 g/mol. The molecule has 11 aliphatic rings. The molecule has 0 aromatic heterocycles. The fourth-order valence-electron chi connectivity index (χ4n) is 14.3. The summed E-state index contributed by atoms with van der Waals surface area (Å²) in [6, 6.07) is 0. The number of rotatable bonds is 4. The Labute approximate surface area is 394 Å². The molecule has 0 bridgehead atoms. The summed E-state index contributed by atoms with van der Waals surface area (Å²) in [6.45, 7) is 20.1. The van der Waals surface area contributed by atoms with Crippen molar-refractivity contribution in [3.63, 3.8) is 0 Å². The molecule has 11 rings (SSSR count). The second-order valence-electron chi connectivity index (χ2n) is 23.3. The van der Waals surface area contributed by atoms with Gasteiger partial charge in [-0.2, -0.15) is 0 Å². The topological polar surface area (TPSA) is 162 Å². The Balaban J connectivity index is 0.781. The third-order valence-corrected chi connectivity index (χ3v) is 18.0. The number of aldehydes is 1. The first-order valence-corrected chi connectivity index (χ1v) is 25.3. The summed E-state index contributed by atoms with van der Waals surface area (Å²) in [6.07, 6.45) is 9.29. The van der Waals surface area contributed by atoms with E-state index in [2.05, 4.69) is 53.3 Å². The highest BCUT2D eigenvalue weighted by molar-refractivity contribution is 5.84. The van der Waals surface area contributed by atoms with Crippen LogP contribution in [0.15, 0.2) is 36.0 Å². The van der Waals surface area contributed by atoms with E-state index in [1.54, 1.807) is 6.08 Å². The number of carbonyl (C=O) groups excluding carboxylic acids is 3. The Hall–Kier alpha value is -2.57. The highest BCUT2D eigenvalue weighted by Gasteiger charge is 2.64. The molecule has 0 radical (unpaired) electrons. The third kappa shape index (κ3) is 8.14. The lowest BCUT2D eigenvalue weighted by molar-refractivity contribution is -0.356. The molecule has 9 fully saturated rings. The van der Waals surface area contributed by atoms with Gasteiger partial charge in [0.05, 0.1) is 102 Å². The number of hydrogen-bond donors (Lipinski definition) is 0. The maximum absolute atomic E-state index is 12.4. The van der Waals surface area contributed by atoms with Crippen molar-refractivity contribution in [3.8, 4) is 0 Å². The normalized spacial score (nSPS) is 54.8. The zero-order valence-electron chi connectivity index (χ0n) is 40.5. The van der Waals surface area contributed by atoms with E-state index in [1.807, 2.05) is 13.8 Å². The van der Waals surface area contributed by atoms with Crippen LogP contribution in [-0.2, 0) is 71.2 Å². The smallest absolute Gasteiger partial charge is 0.331 e. The molecule has 0 aromatic carbocycles. The Morgan fingerprint density at radius 3 is 2.30 bits per heavy atom. The number of fused-ring (bicyclic) bond motifs is 10. The minimum absolute atomic E-state index is 0.125. The van der Waals surface area contributed by atoms with Crippen molar-refractivity contribution in [2.75, 3.05) is 0 Å². The van der Waals surface area contributed by atoms with Gasteiger partial charge in [-0.25, -0.2) is 4.79 Å². The number of hydrogen-bond acceptors (Lipinski definition) is 15. The third-order valence-electron chi connectivity index (χ3n) is 18.0. The number of esters is 2. The second-order valence-corrected chi connectivity index (χ2v) is 23.3. The van der Waals surface area contributed by atoms with E-state index in [9.17, 15) is 14.4 Å². The van der Waals surface area contributed by atoms with E-state index < -0.39 is 46.2 Å². The molecule has 11 aliphatic heterocycles. The molecule has 0 saturated carbocycles. The van der Waals surface area contributed by atoms with Crippen molar-refractivity contribution >= 4 is 18.2 Å². The van der Waals surface area contributed by atoms with Gasteiger partial charge in [0, 0.05) is 64.4 Å². The predicted molar refractivity (Wildman–Crippen MR) is 238 cm³/mol. The quantitative estimate of drug-likeness (QED) is 0.139. The largest absolute Gasteiger partial charge is 0.459 e. The molecule has 67 heavy (non-hydrogen) atoms. The zero-order chi connectivity index (χ0) is 47.0. The fourth-order valence-corrected chi connectivity index (χ4v) is 14.3. The molecular formula is C52H72O15. The molecule has 0 N–H and O–H groups in total. The van der Waals surface area contributed by atoms with Crippen molar-refractivity contribution in [2.24, 2.45) is 5.92 Å². The Bertz CT molecular complexity index is 2060. The molecule has 0 aliphatic carbocycles. The van der Waals surface area contributed by atoms with Crippen molar-refractivity contribution in [1.29, 1.82) is 0 Å². The van der Waals surface area contributed by atoms with Gasteiger partial charge in [0.25, 0.3) is 0 Å². The maximum Gasteiger partial charge on any atom is 0.331 e. The van der Waals surface area contributed by atoms with Crippen LogP contribution >= 0.6 is 0 Å². The average Bonchev–Trinajstić information content (AvgIpc) is 3.45. The lowest BCUT2D eigenvalue weighted by Gasteiger charge is -2.61. The van der Waals surface area contributed by atoms with Gasteiger partial charge in [-0.3, -0.25) is 9.59 Å². The first-order valence-electron chi connectivity index (χ1n) is 25.3. The van der Waals surface area contributed by atoms with Crippen LogP contribution in [0.2, 0.25) is 0 Å². The van der Waals surface area contributed by atoms with Gasteiger partial charge < -0.3 is 56.8 Å². The van der Waals surface area contributed by atoms with Crippen LogP contribution in [0.25, 0.3) is 0 Å². The van der Waals surface area contributed by atoms with Gasteiger partial charge >= 0.3 is 11.9 Å². The number of carbonyl (C=O) groups is 3. The maximum atomic E-state index is 12.4. The summed E-state index contributed by atoms with van der Waals surface area (Å²) < 4.78 is 82.0. The molecule has 11 heterocycles. The average molecular weight is 937 g/mol. The van der Waals surface area contributed by atoms with E-state index >= 15 is 0 Å². The lowest BCUT2D eigenvalue weighted by Crippen LogP contribution is -2.70. The molecule has 0 spiro atoms. The number of ether oxygens (including phenoxy) is 12. The minimum atomic E-state index is -0.920. The van der Waals surface area contributed by atoms with Crippen LogP contribution in [0.3, 0.4) is 0 Å². The summed E-state index contributed by atoms with van der Waals surface area (Å²) in [5, 5.41) is 0. The highest BCUT2D eigenvalue weighted by atomic mass is 16.7. The van der Waals surface area contributed by atoms with Crippen molar-refractivity contribution in [3.05, 3.63) is 36.0 Å². The van der Waals surface area contributed by atoms with Crippen LogP contribution in [0.1, 0.15) is 132 Å². The van der Waals surface area contributed by atoms with Crippen LogP contribution in [0.5, 0.6) is 0 Å². The van der Waals surface area contributed by atoms with Gasteiger partial charge in [0.2, 0.25) is 0 Å². The molecule has 7 unspecified atom stereocenters. The fraction of sp³-hybridized carbons (Fsp3) is 0.827. The van der Waals surface area contributed by atoms with Gasteiger partial charge in [0.1, 0.15) is 36.3 Å². The van der Waals surface area contributed by atoms with Gasteiger partial charge in [-0.05, 0) is 84.3 Å². The van der Waals surface area contributed by atoms with E-state index in [0.29, 0.717) is 63.4 Å². The SMILES string of the molecule is C=C(C=O)C[C@@H]1C[C@H](OC(C)=O)[C@]2(C)OC3CC4OC5C[C@]6(C)O[C@]7(C)CCC8OC9C[C@]%10(C)OC%11C(C)=CC(=O)O[C@H]%11C[C@H]%10O[C@H]9C[C@@H](C)C8O[C@H]7C[C@H]6O[C@@]5(C)C/C=C\[C@H]4O[C@H]3C[C@H]2O1. The zero-order valence-corrected chi connectivity index (χ0v) is 40.5. The highest BCUT2D eigenvalue weighted by Crippen LogP contribution is 2.55. The van der Waals surface area contributed by atoms with Crippen molar-refractivity contribution < 1.29 is 71.2 Å². The van der Waals surface area contributed by atoms with Crippen LogP contribution in [-0.4, -0.2) is 150 Å². The Morgan fingerprint density at radius 2 is 1.51 bits per heavy atom. The molecule has 15 nitrogen and oxygen atoms in total. The molecule has 15 heteroatoms. The Kier molecular flexibility index (Phi) is 11.7. The summed E-state index contributed by atoms with van der Waals surface area (Å²) in [7, 11) is 0. The molecule has 23 atom stereocenters. The summed E-state index contributed by atoms with van der Waals surface area (Å²) in [4.78, 5) is 36.1. The Morgan fingerprint density at radius 1 is 0.746 bits per heavy atom. The predicted octanol–water partition coefficient (Wildman–Crippen LogP) is 6.04. The second kappa shape index (κ2) is 16.8.